The predicted octanol–water partition coefficient (Wildman–Crippen LogP) is 3.22. The maximum Gasteiger partial charge on any atom is 0.420 e. The van der Waals surface area contributed by atoms with Gasteiger partial charge in [-0.2, -0.15) is 13.2 Å². The van der Waals surface area contributed by atoms with Crippen LogP contribution >= 0.6 is 11.6 Å². The number of nitrogens with one attached hydrogen (secondary N) is 1. The monoisotopic (exact) mass is 418 g/mol. The summed E-state index contributed by atoms with van der Waals surface area (Å²) >= 11 is 5.58. The highest BCUT2D eigenvalue weighted by atomic mass is 35.5. The van der Waals surface area contributed by atoms with Crippen molar-refractivity contribution < 1.29 is 22.7 Å². The second kappa shape index (κ2) is 7.67. The van der Waals surface area contributed by atoms with Gasteiger partial charge in [0.2, 0.25) is 5.91 Å². The molecule has 154 valence electrons. The lowest BCUT2D eigenvalue weighted by atomic mass is 9.98. The third kappa shape index (κ3) is 4.05. The number of hydrogen-bond acceptors (Lipinski definition) is 5. The molecule has 0 aromatic carbocycles. The van der Waals surface area contributed by atoms with Gasteiger partial charge >= 0.3 is 6.18 Å². The fourth-order valence-corrected chi connectivity index (χ4v) is 4.83. The van der Waals surface area contributed by atoms with Crippen LogP contribution in [0.3, 0.4) is 0 Å². The number of amides is 1. The summed E-state index contributed by atoms with van der Waals surface area (Å²) in [6.07, 6.45) is -1.59. The van der Waals surface area contributed by atoms with E-state index in [1.54, 1.807) is 0 Å². The van der Waals surface area contributed by atoms with Crippen molar-refractivity contribution in [2.24, 2.45) is 17.8 Å². The molecule has 2 saturated heterocycles. The summed E-state index contributed by atoms with van der Waals surface area (Å²) in [5, 5.41) is 9.78. The first kappa shape index (κ1) is 19.7. The minimum Gasteiger partial charge on any atom is -0.381 e. The van der Waals surface area contributed by atoms with Crippen LogP contribution in [0.4, 0.5) is 19.0 Å². The smallest absolute Gasteiger partial charge is 0.381 e. The van der Waals surface area contributed by atoms with Crippen LogP contribution in [0.5, 0.6) is 0 Å². The van der Waals surface area contributed by atoms with Crippen molar-refractivity contribution >= 4 is 23.3 Å². The molecule has 1 aromatic heterocycles. The Kier molecular flexibility index (Phi) is 5.39. The zero-order valence-corrected chi connectivity index (χ0v) is 16.0. The zero-order valence-electron chi connectivity index (χ0n) is 15.2. The van der Waals surface area contributed by atoms with Crippen LogP contribution in [-0.2, 0) is 15.7 Å². The van der Waals surface area contributed by atoms with E-state index in [1.165, 1.54) is 0 Å². The van der Waals surface area contributed by atoms with Crippen molar-refractivity contribution in [3.8, 4) is 0 Å². The number of likely N-dealkylation sites (tertiary alicyclic amines) is 1. The summed E-state index contributed by atoms with van der Waals surface area (Å²) in [7, 11) is 0. The summed E-state index contributed by atoms with van der Waals surface area (Å²) in [6, 6.07) is 0.674. The molecule has 28 heavy (non-hydrogen) atoms. The van der Waals surface area contributed by atoms with Crippen molar-refractivity contribution in [3.05, 3.63) is 16.8 Å². The lowest BCUT2D eigenvalue weighted by Crippen LogP contribution is -2.38. The number of aromatic nitrogens is 2. The highest BCUT2D eigenvalue weighted by Gasteiger charge is 2.44. The molecule has 3 fully saturated rings. The molecule has 10 heteroatoms. The van der Waals surface area contributed by atoms with Gasteiger partial charge in [-0.15, -0.1) is 10.2 Å². The van der Waals surface area contributed by atoms with E-state index < -0.39 is 11.7 Å². The topological polar surface area (TPSA) is 67.3 Å². The Morgan fingerprint density at radius 2 is 1.82 bits per heavy atom. The highest BCUT2D eigenvalue weighted by Crippen LogP contribution is 2.41. The van der Waals surface area contributed by atoms with Crippen molar-refractivity contribution in [3.63, 3.8) is 0 Å². The number of carbonyl (C=O) groups excluding carboxylic acids is 1. The van der Waals surface area contributed by atoms with E-state index in [0.717, 1.165) is 18.9 Å². The second-order valence-electron chi connectivity index (χ2n) is 7.89. The van der Waals surface area contributed by atoms with Crippen LogP contribution in [0.15, 0.2) is 6.07 Å². The summed E-state index contributed by atoms with van der Waals surface area (Å²) < 4.78 is 45.0. The summed E-state index contributed by atoms with van der Waals surface area (Å²) in [6.45, 7) is 2.62. The molecule has 2 aliphatic heterocycles. The molecular formula is C18H22ClF3N4O2. The number of anilines is 1. The molecule has 0 bridgehead atoms. The first-order valence-electron chi connectivity index (χ1n) is 9.54. The van der Waals surface area contributed by atoms with Crippen molar-refractivity contribution in [2.75, 3.05) is 31.6 Å². The molecule has 1 aliphatic carbocycles. The van der Waals surface area contributed by atoms with Crippen molar-refractivity contribution in [1.82, 2.24) is 15.1 Å². The van der Waals surface area contributed by atoms with E-state index in [1.807, 2.05) is 4.90 Å². The molecule has 6 nitrogen and oxygen atoms in total. The first-order valence-corrected chi connectivity index (χ1v) is 9.92. The minimum absolute atomic E-state index is 0.0418. The van der Waals surface area contributed by atoms with E-state index >= 15 is 0 Å². The van der Waals surface area contributed by atoms with Gasteiger partial charge in [-0.1, -0.05) is 11.6 Å². The lowest BCUT2D eigenvalue weighted by Gasteiger charge is -2.27. The van der Waals surface area contributed by atoms with Gasteiger partial charge < -0.3 is 15.0 Å². The number of rotatable bonds is 3. The van der Waals surface area contributed by atoms with E-state index in [9.17, 15) is 18.0 Å². The van der Waals surface area contributed by atoms with E-state index in [4.69, 9.17) is 16.3 Å². The van der Waals surface area contributed by atoms with Gasteiger partial charge in [0.15, 0.2) is 11.0 Å². The highest BCUT2D eigenvalue weighted by molar-refractivity contribution is 6.29. The van der Waals surface area contributed by atoms with Crippen LogP contribution in [0.25, 0.3) is 0 Å². The molecule has 0 radical (unpaired) electrons. The van der Waals surface area contributed by atoms with Gasteiger partial charge in [-0.25, -0.2) is 0 Å². The largest absolute Gasteiger partial charge is 0.420 e. The standard InChI is InChI=1S/C18H22ClF3N4O2/c19-15-7-14(18(20,21)22)16(25-24-15)23-13-5-11-8-26(9-12(11)6-13)17(27)10-1-3-28-4-2-10/h7,10-13H,1-6,8-9H2,(H,23,25)/t11-,12+,13-. The van der Waals surface area contributed by atoms with Gasteiger partial charge in [0, 0.05) is 38.3 Å². The molecule has 0 spiro atoms. The van der Waals surface area contributed by atoms with Crippen molar-refractivity contribution in [2.45, 2.75) is 37.9 Å². The van der Waals surface area contributed by atoms with Gasteiger partial charge in [-0.05, 0) is 43.6 Å². The minimum atomic E-state index is -4.55. The molecule has 1 amide bonds. The Labute approximate surface area is 165 Å². The second-order valence-corrected chi connectivity index (χ2v) is 8.28. The van der Waals surface area contributed by atoms with Crippen LogP contribution < -0.4 is 5.32 Å². The molecule has 1 aromatic rings. The fraction of sp³-hybridized carbons (Fsp3) is 0.722. The van der Waals surface area contributed by atoms with Crippen molar-refractivity contribution in [1.29, 1.82) is 0 Å². The summed E-state index contributed by atoms with van der Waals surface area (Å²) in [5.74, 6) is 0.564. The summed E-state index contributed by atoms with van der Waals surface area (Å²) in [5.41, 5.74) is -0.902. The van der Waals surface area contributed by atoms with Crippen LogP contribution in [0.2, 0.25) is 5.15 Å². The molecule has 3 heterocycles. The molecule has 1 saturated carbocycles. The molecule has 3 atom stereocenters. The van der Waals surface area contributed by atoms with E-state index in [-0.39, 0.29) is 28.8 Å². The first-order chi connectivity index (χ1) is 13.3. The Bertz CT molecular complexity index is 728. The average Bonchev–Trinajstić information content (AvgIpc) is 3.21. The Morgan fingerprint density at radius 3 is 2.43 bits per heavy atom. The summed E-state index contributed by atoms with van der Waals surface area (Å²) in [4.78, 5) is 14.6. The number of alkyl halides is 3. The quantitative estimate of drug-likeness (QED) is 0.816. The Balaban J connectivity index is 1.36. The van der Waals surface area contributed by atoms with Gasteiger partial charge in [-0.3, -0.25) is 4.79 Å². The molecule has 1 N–H and O–H groups in total. The van der Waals surface area contributed by atoms with Gasteiger partial charge in [0.05, 0.1) is 0 Å². The van der Waals surface area contributed by atoms with Crippen LogP contribution in [0, 0.1) is 17.8 Å². The maximum atomic E-state index is 13.2. The molecule has 4 rings (SSSR count). The number of halogens is 4. The average molecular weight is 419 g/mol. The predicted molar refractivity (Wildman–Crippen MR) is 95.8 cm³/mol. The van der Waals surface area contributed by atoms with E-state index in [2.05, 4.69) is 15.5 Å². The van der Waals surface area contributed by atoms with E-state index in [0.29, 0.717) is 51.0 Å². The lowest BCUT2D eigenvalue weighted by molar-refractivity contribution is -0.138. The Hall–Kier alpha value is -1.61. The normalized spacial score (nSPS) is 28.4. The maximum absolute atomic E-state index is 13.2. The molecule has 3 aliphatic rings. The third-order valence-electron chi connectivity index (χ3n) is 6.04. The number of ether oxygens (including phenoxy) is 1. The van der Waals surface area contributed by atoms with Gasteiger partial charge in [0.1, 0.15) is 5.56 Å². The number of fused-ring (bicyclic) bond motifs is 1. The molecule has 0 unspecified atom stereocenters. The SMILES string of the molecule is O=C(C1CCOCC1)N1C[C@H]2C[C@@H](Nc3nnc(Cl)cc3C(F)(F)F)C[C@H]2C1. The van der Waals surface area contributed by atoms with Crippen LogP contribution in [-0.4, -0.2) is 53.3 Å². The number of carbonyl (C=O) groups is 1. The van der Waals surface area contributed by atoms with Crippen LogP contribution in [0.1, 0.15) is 31.2 Å². The Morgan fingerprint density at radius 1 is 1.18 bits per heavy atom. The number of hydrogen-bond donors (Lipinski definition) is 1. The number of nitrogens with zero attached hydrogens (tertiary/aromatic N) is 3. The fourth-order valence-electron chi connectivity index (χ4n) is 4.68. The van der Waals surface area contributed by atoms with Gasteiger partial charge in [0.25, 0.3) is 0 Å². The molecular weight excluding hydrogens is 397 g/mol. The third-order valence-corrected chi connectivity index (χ3v) is 6.23. The zero-order chi connectivity index (χ0) is 19.9.